The van der Waals surface area contributed by atoms with E-state index in [2.05, 4.69) is 11.4 Å². The summed E-state index contributed by atoms with van der Waals surface area (Å²) in [6, 6.07) is 2.09. The molecular weight excluding hydrogens is 232 g/mol. The zero-order valence-corrected chi connectivity index (χ0v) is 11.0. The normalized spacial score (nSPS) is 18.1. The monoisotopic (exact) mass is 252 g/mol. The Labute approximate surface area is 107 Å². The van der Waals surface area contributed by atoms with Gasteiger partial charge >= 0.3 is 5.97 Å². The summed E-state index contributed by atoms with van der Waals surface area (Å²) in [7, 11) is 0. The highest BCUT2D eigenvalue weighted by Crippen LogP contribution is 2.41. The Kier molecular flexibility index (Phi) is 4.33. The Bertz CT molecular complexity index is 376. The zero-order valence-electron chi connectivity index (χ0n) is 11.0. The molecular formula is C13H20N2O3. The number of aliphatic carboxylic acids is 1. The summed E-state index contributed by atoms with van der Waals surface area (Å²) < 4.78 is 0. The Balaban J connectivity index is 2.54. The maximum absolute atomic E-state index is 11.8. The van der Waals surface area contributed by atoms with Gasteiger partial charge in [-0.2, -0.15) is 5.26 Å². The summed E-state index contributed by atoms with van der Waals surface area (Å²) in [6.07, 6.45) is 2.88. The van der Waals surface area contributed by atoms with Crippen LogP contribution in [0, 0.1) is 22.2 Å². The van der Waals surface area contributed by atoms with Crippen molar-refractivity contribution < 1.29 is 14.7 Å². The third-order valence-corrected chi connectivity index (χ3v) is 3.54. The first kappa shape index (κ1) is 14.5. The molecule has 1 aliphatic rings. The molecule has 1 aliphatic carbocycles. The molecule has 0 saturated heterocycles. The SMILES string of the molecule is CC(C)(C#N)CNC(=O)CC1(C(=O)O)CCCC1. The van der Waals surface area contributed by atoms with Gasteiger partial charge in [-0.05, 0) is 26.7 Å². The van der Waals surface area contributed by atoms with Crippen molar-refractivity contribution in [3.8, 4) is 6.07 Å². The van der Waals surface area contributed by atoms with Gasteiger partial charge in [-0.1, -0.05) is 12.8 Å². The second-order valence-electron chi connectivity index (χ2n) is 5.74. The van der Waals surface area contributed by atoms with Crippen LogP contribution in [-0.2, 0) is 9.59 Å². The van der Waals surface area contributed by atoms with Crippen molar-refractivity contribution in [2.24, 2.45) is 10.8 Å². The Morgan fingerprint density at radius 2 is 1.94 bits per heavy atom. The van der Waals surface area contributed by atoms with Crippen molar-refractivity contribution >= 4 is 11.9 Å². The van der Waals surface area contributed by atoms with Crippen molar-refractivity contribution in [3.05, 3.63) is 0 Å². The van der Waals surface area contributed by atoms with E-state index in [1.54, 1.807) is 13.8 Å². The molecule has 0 spiro atoms. The predicted molar refractivity (Wildman–Crippen MR) is 65.6 cm³/mol. The number of nitrogens with one attached hydrogen (secondary N) is 1. The van der Waals surface area contributed by atoms with Crippen LogP contribution in [0.5, 0.6) is 0 Å². The van der Waals surface area contributed by atoms with Crippen LogP contribution in [0.15, 0.2) is 0 Å². The minimum Gasteiger partial charge on any atom is -0.481 e. The fourth-order valence-corrected chi connectivity index (χ4v) is 2.25. The molecule has 0 radical (unpaired) electrons. The van der Waals surface area contributed by atoms with Crippen LogP contribution >= 0.6 is 0 Å². The Morgan fingerprint density at radius 1 is 1.39 bits per heavy atom. The van der Waals surface area contributed by atoms with Gasteiger partial charge in [-0.15, -0.1) is 0 Å². The van der Waals surface area contributed by atoms with Gasteiger partial charge in [0.05, 0.1) is 16.9 Å². The number of nitrogens with zero attached hydrogens (tertiary/aromatic N) is 1. The van der Waals surface area contributed by atoms with Gasteiger partial charge < -0.3 is 10.4 Å². The van der Waals surface area contributed by atoms with Gasteiger partial charge in [0.2, 0.25) is 5.91 Å². The molecule has 0 bridgehead atoms. The lowest BCUT2D eigenvalue weighted by Gasteiger charge is -2.24. The molecule has 0 unspecified atom stereocenters. The maximum atomic E-state index is 11.8. The van der Waals surface area contributed by atoms with Crippen LogP contribution < -0.4 is 5.32 Å². The van der Waals surface area contributed by atoms with Gasteiger partial charge in [0.25, 0.3) is 0 Å². The summed E-state index contributed by atoms with van der Waals surface area (Å²) in [6.45, 7) is 3.71. The van der Waals surface area contributed by atoms with Crippen LogP contribution in [0.25, 0.3) is 0 Å². The molecule has 5 heteroatoms. The Hall–Kier alpha value is -1.57. The van der Waals surface area contributed by atoms with Gasteiger partial charge in [0.1, 0.15) is 0 Å². The summed E-state index contributed by atoms with van der Waals surface area (Å²) in [5, 5.41) is 20.7. The third kappa shape index (κ3) is 3.46. The molecule has 0 heterocycles. The molecule has 18 heavy (non-hydrogen) atoms. The van der Waals surface area contributed by atoms with Crippen LogP contribution in [-0.4, -0.2) is 23.5 Å². The summed E-state index contributed by atoms with van der Waals surface area (Å²) >= 11 is 0. The molecule has 0 aromatic heterocycles. The Morgan fingerprint density at radius 3 is 2.39 bits per heavy atom. The molecule has 0 aliphatic heterocycles. The maximum Gasteiger partial charge on any atom is 0.310 e. The second kappa shape index (κ2) is 5.38. The third-order valence-electron chi connectivity index (χ3n) is 3.54. The molecule has 1 saturated carbocycles. The van der Waals surface area contributed by atoms with E-state index >= 15 is 0 Å². The first-order valence-electron chi connectivity index (χ1n) is 6.23. The lowest BCUT2D eigenvalue weighted by atomic mass is 9.82. The van der Waals surface area contributed by atoms with Crippen LogP contribution in [0.1, 0.15) is 46.0 Å². The summed E-state index contributed by atoms with van der Waals surface area (Å²) in [5.74, 6) is -1.16. The van der Waals surface area contributed by atoms with Gasteiger partial charge in [-0.3, -0.25) is 9.59 Å². The number of carbonyl (C=O) groups excluding carboxylic acids is 1. The number of hydrogen-bond donors (Lipinski definition) is 2. The van der Waals surface area contributed by atoms with Crippen molar-refractivity contribution in [1.29, 1.82) is 5.26 Å². The van der Waals surface area contributed by atoms with Crippen LogP contribution in [0.3, 0.4) is 0 Å². The minimum atomic E-state index is -0.888. The van der Waals surface area contributed by atoms with E-state index in [9.17, 15) is 14.7 Å². The molecule has 1 rings (SSSR count). The molecule has 2 N–H and O–H groups in total. The smallest absolute Gasteiger partial charge is 0.310 e. The molecule has 0 aromatic carbocycles. The van der Waals surface area contributed by atoms with E-state index in [1.807, 2.05) is 0 Å². The first-order chi connectivity index (χ1) is 8.31. The largest absolute Gasteiger partial charge is 0.481 e. The molecule has 1 amide bonds. The van der Waals surface area contributed by atoms with Crippen molar-refractivity contribution in [2.45, 2.75) is 46.0 Å². The molecule has 0 aromatic rings. The topological polar surface area (TPSA) is 90.2 Å². The van der Waals surface area contributed by atoms with E-state index in [4.69, 9.17) is 5.26 Å². The number of nitriles is 1. The van der Waals surface area contributed by atoms with Crippen molar-refractivity contribution in [3.63, 3.8) is 0 Å². The molecule has 0 atom stereocenters. The molecule has 5 nitrogen and oxygen atoms in total. The zero-order chi connectivity index (χ0) is 13.8. The number of amides is 1. The van der Waals surface area contributed by atoms with E-state index < -0.39 is 16.8 Å². The van der Waals surface area contributed by atoms with E-state index in [0.29, 0.717) is 12.8 Å². The van der Waals surface area contributed by atoms with E-state index in [0.717, 1.165) is 12.8 Å². The summed E-state index contributed by atoms with van der Waals surface area (Å²) in [4.78, 5) is 23.1. The number of carboxylic acids is 1. The van der Waals surface area contributed by atoms with E-state index in [-0.39, 0.29) is 18.9 Å². The fraction of sp³-hybridized carbons (Fsp3) is 0.769. The van der Waals surface area contributed by atoms with Gasteiger partial charge in [0, 0.05) is 13.0 Å². The lowest BCUT2D eigenvalue weighted by Crippen LogP contribution is -2.39. The average molecular weight is 252 g/mol. The quantitative estimate of drug-likeness (QED) is 0.779. The van der Waals surface area contributed by atoms with Crippen molar-refractivity contribution in [2.75, 3.05) is 6.54 Å². The van der Waals surface area contributed by atoms with Crippen LogP contribution in [0.2, 0.25) is 0 Å². The average Bonchev–Trinajstić information content (AvgIpc) is 2.76. The lowest BCUT2D eigenvalue weighted by molar-refractivity contribution is -0.151. The summed E-state index contributed by atoms with van der Waals surface area (Å²) in [5.41, 5.74) is -1.51. The number of hydrogen-bond acceptors (Lipinski definition) is 3. The van der Waals surface area contributed by atoms with Crippen LogP contribution in [0.4, 0.5) is 0 Å². The fourth-order valence-electron chi connectivity index (χ4n) is 2.25. The van der Waals surface area contributed by atoms with Gasteiger partial charge in [-0.25, -0.2) is 0 Å². The first-order valence-corrected chi connectivity index (χ1v) is 6.23. The van der Waals surface area contributed by atoms with Gasteiger partial charge in [0.15, 0.2) is 0 Å². The number of rotatable bonds is 5. The van der Waals surface area contributed by atoms with E-state index in [1.165, 1.54) is 0 Å². The molecule has 1 fully saturated rings. The van der Waals surface area contributed by atoms with Crippen molar-refractivity contribution in [1.82, 2.24) is 5.32 Å². The standard InChI is InChI=1S/C13H20N2O3/c1-12(2,8-14)9-15-10(16)7-13(11(17)18)5-3-4-6-13/h3-7,9H2,1-2H3,(H,15,16)(H,17,18). The highest BCUT2D eigenvalue weighted by atomic mass is 16.4. The number of carboxylic acid groups (broad SMARTS) is 1. The highest BCUT2D eigenvalue weighted by molar-refractivity contribution is 5.85. The highest BCUT2D eigenvalue weighted by Gasteiger charge is 2.43. The second-order valence-corrected chi connectivity index (χ2v) is 5.74. The minimum absolute atomic E-state index is 0.0177. The predicted octanol–water partition coefficient (Wildman–Crippen LogP) is 1.69. The molecule has 100 valence electrons. The number of carbonyl (C=O) groups is 2.